The van der Waals surface area contributed by atoms with Crippen LogP contribution in [0.4, 0.5) is 4.79 Å². The highest BCUT2D eigenvalue weighted by Gasteiger charge is 2.04. The van der Waals surface area contributed by atoms with Crippen molar-refractivity contribution < 1.29 is 18.0 Å². The van der Waals surface area contributed by atoms with E-state index in [9.17, 15) is 13.2 Å². The lowest BCUT2D eigenvalue weighted by molar-refractivity contribution is 0.135. The lowest BCUT2D eigenvalue weighted by Gasteiger charge is -1.97. The first-order valence-corrected chi connectivity index (χ1v) is 3.63. The highest BCUT2D eigenvalue weighted by Crippen LogP contribution is 1.82. The molecule has 0 aliphatic heterocycles. The molecule has 0 aromatic heterocycles. The smallest absolute Gasteiger partial charge is 0.338 e. The van der Waals surface area contributed by atoms with Crippen molar-refractivity contribution in [2.45, 2.75) is 0 Å². The number of hydrogen-bond acceptors (Lipinski definition) is 4. The topological polar surface area (TPSA) is 98.5 Å². The molecule has 0 bridgehead atoms. The largest absolute Gasteiger partial charge is 0.424 e. The van der Waals surface area contributed by atoms with E-state index in [1.165, 1.54) is 4.89 Å². The van der Waals surface area contributed by atoms with Gasteiger partial charge in [0, 0.05) is 5.41 Å². The van der Waals surface area contributed by atoms with E-state index < -0.39 is 16.1 Å². The van der Waals surface area contributed by atoms with Gasteiger partial charge >= 0.3 is 6.09 Å². The molecule has 0 aliphatic rings. The Hall–Kier alpha value is -1.08. The van der Waals surface area contributed by atoms with Crippen molar-refractivity contribution in [1.82, 2.24) is 4.89 Å². The SMILES string of the molecule is C=CS(=O)(=O)NOC(N)=O. The molecule has 0 saturated carbocycles. The molecule has 0 aromatic carbocycles. The second kappa shape index (κ2) is 3.18. The highest BCUT2D eigenvalue weighted by atomic mass is 32.2. The van der Waals surface area contributed by atoms with E-state index in [0.29, 0.717) is 5.41 Å². The van der Waals surface area contributed by atoms with Gasteiger partial charge in [-0.3, -0.25) is 0 Å². The van der Waals surface area contributed by atoms with Gasteiger partial charge in [0.25, 0.3) is 10.0 Å². The van der Waals surface area contributed by atoms with Crippen LogP contribution in [-0.4, -0.2) is 14.5 Å². The molecular weight excluding hydrogens is 160 g/mol. The number of sulfonamides is 1. The number of amides is 1. The lowest BCUT2D eigenvalue weighted by Crippen LogP contribution is -2.28. The zero-order valence-corrected chi connectivity index (χ0v) is 5.72. The third-order valence-electron chi connectivity index (χ3n) is 0.478. The van der Waals surface area contributed by atoms with Crippen molar-refractivity contribution in [3.63, 3.8) is 0 Å². The Balaban J connectivity index is 3.93. The van der Waals surface area contributed by atoms with Gasteiger partial charge < -0.3 is 10.6 Å². The summed E-state index contributed by atoms with van der Waals surface area (Å²) >= 11 is 0. The molecule has 0 radical (unpaired) electrons. The molecule has 0 spiro atoms. The van der Waals surface area contributed by atoms with Crippen molar-refractivity contribution in [2.24, 2.45) is 5.73 Å². The van der Waals surface area contributed by atoms with E-state index in [0.717, 1.165) is 0 Å². The fourth-order valence-electron chi connectivity index (χ4n) is 0.133. The molecule has 6 nitrogen and oxygen atoms in total. The maximum absolute atomic E-state index is 10.3. The maximum atomic E-state index is 10.3. The van der Waals surface area contributed by atoms with E-state index >= 15 is 0 Å². The number of nitrogens with two attached hydrogens (primary N) is 1. The van der Waals surface area contributed by atoms with Crippen LogP contribution in [0.25, 0.3) is 0 Å². The molecule has 0 aromatic rings. The minimum Gasteiger partial charge on any atom is -0.338 e. The molecule has 0 atom stereocenters. The molecule has 0 aliphatic carbocycles. The first-order chi connectivity index (χ1) is 4.48. The number of primary amides is 1. The van der Waals surface area contributed by atoms with Crippen molar-refractivity contribution in [3.05, 3.63) is 12.0 Å². The van der Waals surface area contributed by atoms with Crippen molar-refractivity contribution >= 4 is 16.1 Å². The number of nitrogens with one attached hydrogen (secondary N) is 1. The van der Waals surface area contributed by atoms with E-state index in [2.05, 4.69) is 17.2 Å². The van der Waals surface area contributed by atoms with E-state index in [4.69, 9.17) is 0 Å². The average molecular weight is 166 g/mol. The summed E-state index contributed by atoms with van der Waals surface area (Å²) in [5.74, 6) is 0. The molecule has 0 fully saturated rings. The third kappa shape index (κ3) is 3.87. The molecule has 7 heteroatoms. The number of hydrogen-bond donors (Lipinski definition) is 2. The zero-order chi connectivity index (χ0) is 8.20. The van der Waals surface area contributed by atoms with Crippen LogP contribution in [0.1, 0.15) is 0 Å². The second-order valence-corrected chi connectivity index (χ2v) is 2.81. The predicted molar refractivity (Wildman–Crippen MR) is 32.9 cm³/mol. The number of carbonyl (C=O) groups excluding carboxylic acids is 1. The van der Waals surface area contributed by atoms with Gasteiger partial charge in [-0.25, -0.2) is 13.2 Å². The first kappa shape index (κ1) is 8.92. The van der Waals surface area contributed by atoms with E-state index in [-0.39, 0.29) is 0 Å². The molecule has 0 rings (SSSR count). The van der Waals surface area contributed by atoms with Gasteiger partial charge in [-0.15, -0.1) is 0 Å². The average Bonchev–Trinajstić information content (AvgIpc) is 1.85. The van der Waals surface area contributed by atoms with E-state index in [1.54, 1.807) is 0 Å². The summed E-state index contributed by atoms with van der Waals surface area (Å²) in [7, 11) is -3.72. The Morgan fingerprint density at radius 1 is 1.70 bits per heavy atom. The highest BCUT2D eigenvalue weighted by molar-refractivity contribution is 7.92. The maximum Gasteiger partial charge on any atom is 0.424 e. The van der Waals surface area contributed by atoms with Crippen molar-refractivity contribution in [2.75, 3.05) is 0 Å². The fourth-order valence-corrected chi connectivity index (χ4v) is 0.399. The summed E-state index contributed by atoms with van der Waals surface area (Å²) in [5.41, 5.74) is 4.43. The molecule has 10 heavy (non-hydrogen) atoms. The number of carbonyl (C=O) groups is 1. The Morgan fingerprint density at radius 3 is 2.50 bits per heavy atom. The standard InChI is InChI=1S/C3H6N2O4S/c1-2-10(7,8)5-9-3(4)6/h2,5H,1H2,(H2,4,6). The van der Waals surface area contributed by atoms with Crippen molar-refractivity contribution in [3.8, 4) is 0 Å². The van der Waals surface area contributed by atoms with Crippen LogP contribution in [0, 0.1) is 0 Å². The van der Waals surface area contributed by atoms with Crippen LogP contribution in [-0.2, 0) is 14.9 Å². The molecule has 0 heterocycles. The lowest BCUT2D eigenvalue weighted by atomic mass is 11.3. The summed E-state index contributed by atoms with van der Waals surface area (Å²) in [6.07, 6.45) is -1.23. The first-order valence-electron chi connectivity index (χ1n) is 2.08. The fraction of sp³-hybridized carbons (Fsp3) is 0. The quantitative estimate of drug-likeness (QED) is 0.528. The molecule has 3 N–H and O–H groups in total. The molecular formula is C3H6N2O4S. The van der Waals surface area contributed by atoms with Gasteiger partial charge in [0.2, 0.25) is 0 Å². The summed E-state index contributed by atoms with van der Waals surface area (Å²) in [6, 6.07) is 0. The Morgan fingerprint density at radius 2 is 2.20 bits per heavy atom. The summed E-state index contributed by atoms with van der Waals surface area (Å²) in [4.78, 5) is 14.9. The minimum absolute atomic E-state index is 0.579. The Labute approximate surface area is 57.7 Å². The van der Waals surface area contributed by atoms with Crippen LogP contribution in [0.5, 0.6) is 0 Å². The van der Waals surface area contributed by atoms with Gasteiger partial charge in [0.1, 0.15) is 0 Å². The van der Waals surface area contributed by atoms with Crippen molar-refractivity contribution in [1.29, 1.82) is 0 Å². The van der Waals surface area contributed by atoms with Gasteiger partial charge in [0.05, 0.1) is 0 Å². The number of rotatable bonds is 3. The van der Waals surface area contributed by atoms with Crippen LogP contribution >= 0.6 is 0 Å². The van der Waals surface area contributed by atoms with Crippen LogP contribution in [0.3, 0.4) is 0 Å². The monoisotopic (exact) mass is 166 g/mol. The summed E-state index contributed by atoms with van der Waals surface area (Å²) in [5, 5.41) is 0.579. The molecule has 0 saturated heterocycles. The predicted octanol–water partition coefficient (Wildman–Crippen LogP) is -0.940. The van der Waals surface area contributed by atoms with Crippen LogP contribution < -0.4 is 10.6 Å². The third-order valence-corrected chi connectivity index (χ3v) is 1.23. The van der Waals surface area contributed by atoms with Gasteiger partial charge in [-0.2, -0.15) is 0 Å². The molecule has 58 valence electrons. The van der Waals surface area contributed by atoms with E-state index in [1.807, 2.05) is 0 Å². The normalized spacial score (nSPS) is 10.4. The molecule has 1 amide bonds. The Bertz CT molecular complexity index is 231. The molecule has 0 unspecified atom stereocenters. The minimum atomic E-state index is -3.72. The van der Waals surface area contributed by atoms with Gasteiger partial charge in [-0.1, -0.05) is 6.58 Å². The summed E-state index contributed by atoms with van der Waals surface area (Å²) < 4.78 is 20.7. The second-order valence-electron chi connectivity index (χ2n) is 1.22. The Kier molecular flexibility index (Phi) is 2.84. The zero-order valence-electron chi connectivity index (χ0n) is 4.90. The van der Waals surface area contributed by atoms with Gasteiger partial charge in [-0.05, 0) is 4.89 Å². The van der Waals surface area contributed by atoms with Gasteiger partial charge in [0.15, 0.2) is 0 Å². The van der Waals surface area contributed by atoms with Crippen LogP contribution in [0.15, 0.2) is 12.0 Å². The summed E-state index contributed by atoms with van der Waals surface area (Å²) in [6.45, 7) is 2.93. The van der Waals surface area contributed by atoms with Crippen LogP contribution in [0.2, 0.25) is 0 Å².